The molecular weight excluding hydrogens is 232 g/mol. The van der Waals surface area contributed by atoms with E-state index in [-0.39, 0.29) is 17.6 Å². The molecule has 0 fully saturated rings. The predicted molar refractivity (Wildman–Crippen MR) is 69.9 cm³/mol. The van der Waals surface area contributed by atoms with E-state index in [0.717, 1.165) is 0 Å². The molecule has 0 saturated heterocycles. The molecule has 0 aliphatic carbocycles. The zero-order chi connectivity index (χ0) is 13.7. The SMILES string of the molecule is CCN(C(=O)Nc1cccc(C(=O)O)c1)C(C)C. The molecule has 0 bridgehead atoms. The lowest BCUT2D eigenvalue weighted by Gasteiger charge is -2.25. The molecule has 1 rings (SSSR count). The second-order valence-corrected chi connectivity index (χ2v) is 4.20. The number of hydrogen-bond donors (Lipinski definition) is 2. The Morgan fingerprint density at radius 2 is 2.06 bits per heavy atom. The first-order valence-corrected chi connectivity index (χ1v) is 5.86. The highest BCUT2D eigenvalue weighted by atomic mass is 16.4. The molecule has 1 aromatic carbocycles. The Bertz CT molecular complexity index is 444. The molecule has 18 heavy (non-hydrogen) atoms. The number of benzene rings is 1. The molecule has 0 heterocycles. The van der Waals surface area contributed by atoms with Crippen LogP contribution in [0.3, 0.4) is 0 Å². The summed E-state index contributed by atoms with van der Waals surface area (Å²) < 4.78 is 0. The van der Waals surface area contributed by atoms with Gasteiger partial charge >= 0.3 is 12.0 Å². The van der Waals surface area contributed by atoms with Gasteiger partial charge in [0.05, 0.1) is 5.56 Å². The first-order valence-electron chi connectivity index (χ1n) is 5.86. The van der Waals surface area contributed by atoms with Gasteiger partial charge in [0, 0.05) is 18.3 Å². The summed E-state index contributed by atoms with van der Waals surface area (Å²) in [4.78, 5) is 24.4. The van der Waals surface area contributed by atoms with Crippen LogP contribution in [0.15, 0.2) is 24.3 Å². The molecule has 2 amide bonds. The van der Waals surface area contributed by atoms with Crippen LogP contribution >= 0.6 is 0 Å². The van der Waals surface area contributed by atoms with Crippen molar-refractivity contribution in [2.75, 3.05) is 11.9 Å². The number of carbonyl (C=O) groups is 2. The van der Waals surface area contributed by atoms with Gasteiger partial charge in [0.15, 0.2) is 0 Å². The van der Waals surface area contributed by atoms with Crippen LogP contribution in [0.4, 0.5) is 10.5 Å². The van der Waals surface area contributed by atoms with Crippen LogP contribution in [-0.4, -0.2) is 34.6 Å². The molecule has 0 radical (unpaired) electrons. The summed E-state index contributed by atoms with van der Waals surface area (Å²) in [6, 6.07) is 6.06. The summed E-state index contributed by atoms with van der Waals surface area (Å²) in [6.07, 6.45) is 0. The van der Waals surface area contributed by atoms with Gasteiger partial charge in [0.1, 0.15) is 0 Å². The van der Waals surface area contributed by atoms with Crippen LogP contribution in [-0.2, 0) is 0 Å². The average molecular weight is 250 g/mol. The highest BCUT2D eigenvalue weighted by Gasteiger charge is 2.15. The van der Waals surface area contributed by atoms with Crippen molar-refractivity contribution in [1.29, 1.82) is 0 Å². The highest BCUT2D eigenvalue weighted by molar-refractivity contribution is 5.93. The summed E-state index contributed by atoms with van der Waals surface area (Å²) in [5, 5.41) is 11.6. The molecule has 5 nitrogen and oxygen atoms in total. The fourth-order valence-corrected chi connectivity index (χ4v) is 1.67. The third-order valence-electron chi connectivity index (χ3n) is 2.59. The fraction of sp³-hybridized carbons (Fsp3) is 0.385. The standard InChI is InChI=1S/C13H18N2O3/c1-4-15(9(2)3)13(18)14-11-7-5-6-10(8-11)12(16)17/h5-9H,4H2,1-3H3,(H,14,18)(H,16,17). The summed E-state index contributed by atoms with van der Waals surface area (Å²) in [5.74, 6) is -1.01. The third kappa shape index (κ3) is 3.48. The van der Waals surface area contributed by atoms with Crippen molar-refractivity contribution in [3.05, 3.63) is 29.8 Å². The van der Waals surface area contributed by atoms with Crippen molar-refractivity contribution >= 4 is 17.7 Å². The fourth-order valence-electron chi connectivity index (χ4n) is 1.67. The number of nitrogens with zero attached hydrogens (tertiary/aromatic N) is 1. The predicted octanol–water partition coefficient (Wildman–Crippen LogP) is 2.65. The van der Waals surface area contributed by atoms with E-state index < -0.39 is 5.97 Å². The molecule has 0 saturated carbocycles. The minimum atomic E-state index is -1.01. The van der Waals surface area contributed by atoms with Gasteiger partial charge in [-0.15, -0.1) is 0 Å². The number of aromatic carboxylic acids is 1. The van der Waals surface area contributed by atoms with E-state index in [4.69, 9.17) is 5.11 Å². The van der Waals surface area contributed by atoms with Crippen LogP contribution in [0, 0.1) is 0 Å². The maximum absolute atomic E-state index is 11.9. The molecule has 0 unspecified atom stereocenters. The van der Waals surface area contributed by atoms with E-state index in [1.54, 1.807) is 17.0 Å². The third-order valence-corrected chi connectivity index (χ3v) is 2.59. The topological polar surface area (TPSA) is 69.6 Å². The molecular formula is C13H18N2O3. The number of carboxylic acids is 1. The van der Waals surface area contributed by atoms with Gasteiger partial charge in [-0.2, -0.15) is 0 Å². The summed E-state index contributed by atoms with van der Waals surface area (Å²) >= 11 is 0. The van der Waals surface area contributed by atoms with Crippen molar-refractivity contribution < 1.29 is 14.7 Å². The number of carbonyl (C=O) groups excluding carboxylic acids is 1. The van der Waals surface area contributed by atoms with E-state index in [1.807, 2.05) is 20.8 Å². The van der Waals surface area contributed by atoms with Crippen LogP contribution in [0.2, 0.25) is 0 Å². The lowest BCUT2D eigenvalue weighted by Crippen LogP contribution is -2.39. The van der Waals surface area contributed by atoms with Crippen LogP contribution in [0.25, 0.3) is 0 Å². The minimum absolute atomic E-state index is 0.0951. The quantitative estimate of drug-likeness (QED) is 0.863. The van der Waals surface area contributed by atoms with E-state index in [1.165, 1.54) is 12.1 Å². The molecule has 1 aromatic rings. The first-order chi connectivity index (χ1) is 8.45. The molecule has 98 valence electrons. The van der Waals surface area contributed by atoms with Gasteiger partial charge in [-0.3, -0.25) is 0 Å². The van der Waals surface area contributed by atoms with Gasteiger partial charge in [-0.1, -0.05) is 6.07 Å². The largest absolute Gasteiger partial charge is 0.478 e. The minimum Gasteiger partial charge on any atom is -0.478 e. The molecule has 2 N–H and O–H groups in total. The summed E-state index contributed by atoms with van der Waals surface area (Å²) in [7, 11) is 0. The Morgan fingerprint density at radius 3 is 2.56 bits per heavy atom. The molecule has 0 aromatic heterocycles. The molecule has 0 aliphatic rings. The average Bonchev–Trinajstić information content (AvgIpc) is 2.29. The van der Waals surface area contributed by atoms with Crippen molar-refractivity contribution in [3.8, 4) is 0 Å². The maximum Gasteiger partial charge on any atom is 0.335 e. The van der Waals surface area contributed by atoms with Gasteiger partial charge in [0.25, 0.3) is 0 Å². The second-order valence-electron chi connectivity index (χ2n) is 4.20. The monoisotopic (exact) mass is 250 g/mol. The highest BCUT2D eigenvalue weighted by Crippen LogP contribution is 2.12. The number of nitrogens with one attached hydrogen (secondary N) is 1. The molecule has 0 spiro atoms. The Balaban J connectivity index is 2.81. The van der Waals surface area contributed by atoms with Crippen LogP contribution < -0.4 is 5.32 Å². The lowest BCUT2D eigenvalue weighted by molar-refractivity contribution is 0.0697. The lowest BCUT2D eigenvalue weighted by atomic mass is 10.2. The Hall–Kier alpha value is -2.04. The van der Waals surface area contributed by atoms with Crippen molar-refractivity contribution in [2.24, 2.45) is 0 Å². The van der Waals surface area contributed by atoms with Crippen LogP contribution in [0.1, 0.15) is 31.1 Å². The van der Waals surface area contributed by atoms with Gasteiger partial charge in [-0.25, -0.2) is 9.59 Å². The van der Waals surface area contributed by atoms with Gasteiger partial charge in [0.2, 0.25) is 0 Å². The zero-order valence-electron chi connectivity index (χ0n) is 10.8. The number of anilines is 1. The van der Waals surface area contributed by atoms with E-state index in [9.17, 15) is 9.59 Å². The second kappa shape index (κ2) is 6.05. The first kappa shape index (κ1) is 14.0. The molecule has 0 aliphatic heterocycles. The Morgan fingerprint density at radius 1 is 1.39 bits per heavy atom. The number of rotatable bonds is 4. The van der Waals surface area contributed by atoms with Gasteiger partial charge in [-0.05, 0) is 39.0 Å². The maximum atomic E-state index is 11.9. The zero-order valence-corrected chi connectivity index (χ0v) is 10.8. The van der Waals surface area contributed by atoms with Crippen molar-refractivity contribution in [2.45, 2.75) is 26.8 Å². The summed E-state index contributed by atoms with van der Waals surface area (Å²) in [5.41, 5.74) is 0.638. The van der Waals surface area contributed by atoms with Crippen LogP contribution in [0.5, 0.6) is 0 Å². The van der Waals surface area contributed by atoms with E-state index in [0.29, 0.717) is 12.2 Å². The number of hydrogen-bond acceptors (Lipinski definition) is 2. The number of carboxylic acid groups (broad SMARTS) is 1. The number of urea groups is 1. The van der Waals surface area contributed by atoms with E-state index in [2.05, 4.69) is 5.32 Å². The Labute approximate surface area is 106 Å². The summed E-state index contributed by atoms with van der Waals surface area (Å²) in [6.45, 7) is 6.35. The number of amides is 2. The Kier molecular flexibility index (Phi) is 4.71. The van der Waals surface area contributed by atoms with E-state index >= 15 is 0 Å². The van der Waals surface area contributed by atoms with Gasteiger partial charge < -0.3 is 15.3 Å². The normalized spacial score (nSPS) is 10.2. The molecule has 0 atom stereocenters. The van der Waals surface area contributed by atoms with Crippen molar-refractivity contribution in [1.82, 2.24) is 4.90 Å². The molecule has 5 heteroatoms. The smallest absolute Gasteiger partial charge is 0.335 e. The van der Waals surface area contributed by atoms with Crippen molar-refractivity contribution in [3.63, 3.8) is 0 Å².